The fraction of sp³-hybridized carbons (Fsp3) is 0.150. The molecule has 26 heavy (non-hydrogen) atoms. The van der Waals surface area contributed by atoms with Gasteiger partial charge in [-0.15, -0.1) is 0 Å². The van der Waals surface area contributed by atoms with E-state index in [0.717, 1.165) is 28.1 Å². The zero-order valence-electron chi connectivity index (χ0n) is 14.7. The van der Waals surface area contributed by atoms with Crippen LogP contribution in [0.15, 0.2) is 52.4 Å². The van der Waals surface area contributed by atoms with Gasteiger partial charge >= 0.3 is 0 Å². The molecule has 5 nitrogen and oxygen atoms in total. The Kier molecular flexibility index (Phi) is 3.92. The number of nitrogens with zero attached hydrogens (tertiary/aromatic N) is 2. The van der Waals surface area contributed by atoms with Gasteiger partial charge in [0.25, 0.3) is 11.8 Å². The number of aryl methyl sites for hydroxylation is 2. The molecule has 2 aromatic carbocycles. The lowest BCUT2D eigenvalue weighted by molar-refractivity contribution is -0.116. The first-order valence-corrected chi connectivity index (χ1v) is 9.04. The maximum Gasteiger partial charge on any atom is 0.264 e. The van der Waals surface area contributed by atoms with E-state index >= 15 is 0 Å². The number of amides is 2. The Balaban J connectivity index is 1.76. The summed E-state index contributed by atoms with van der Waals surface area (Å²) in [5.74, 6) is -0.455. The number of nitrogens with one attached hydrogen (secondary N) is 1. The lowest BCUT2D eigenvalue weighted by Crippen LogP contribution is -2.23. The first-order valence-electron chi connectivity index (χ1n) is 8.22. The van der Waals surface area contributed by atoms with Crippen molar-refractivity contribution in [2.24, 2.45) is 4.99 Å². The van der Waals surface area contributed by atoms with Gasteiger partial charge in [-0.3, -0.25) is 9.59 Å². The number of carbonyl (C=O) groups excluding carboxylic acids is 2. The molecule has 4 rings (SSSR count). The monoisotopic (exact) mass is 363 g/mol. The van der Waals surface area contributed by atoms with Crippen molar-refractivity contribution in [3.8, 4) is 0 Å². The first kappa shape index (κ1) is 16.6. The number of para-hydroxylation sites is 1. The Morgan fingerprint density at radius 1 is 1.08 bits per heavy atom. The zero-order valence-corrected chi connectivity index (χ0v) is 15.5. The highest BCUT2D eigenvalue weighted by molar-refractivity contribution is 8.18. The van der Waals surface area contributed by atoms with E-state index in [4.69, 9.17) is 0 Å². The fourth-order valence-corrected chi connectivity index (χ4v) is 4.09. The summed E-state index contributed by atoms with van der Waals surface area (Å²) in [5.41, 5.74) is 5.04. The van der Waals surface area contributed by atoms with Crippen LogP contribution in [0.2, 0.25) is 0 Å². The van der Waals surface area contributed by atoms with Gasteiger partial charge in [0, 0.05) is 12.6 Å². The summed E-state index contributed by atoms with van der Waals surface area (Å²) in [6, 6.07) is 13.5. The van der Waals surface area contributed by atoms with Crippen molar-refractivity contribution in [2.75, 3.05) is 11.9 Å². The minimum Gasteiger partial charge on any atom is -0.311 e. The highest BCUT2D eigenvalue weighted by Crippen LogP contribution is 2.42. The molecule has 0 atom stereocenters. The number of anilines is 1. The molecular formula is C20H17N3O2S. The smallest absolute Gasteiger partial charge is 0.264 e. The lowest BCUT2D eigenvalue weighted by Gasteiger charge is -2.08. The van der Waals surface area contributed by atoms with Gasteiger partial charge in [-0.25, -0.2) is 4.99 Å². The second-order valence-corrected chi connectivity index (χ2v) is 7.35. The average molecular weight is 363 g/mol. The number of carbonyl (C=O) groups is 2. The van der Waals surface area contributed by atoms with Crippen molar-refractivity contribution in [3.63, 3.8) is 0 Å². The third-order valence-electron chi connectivity index (χ3n) is 4.48. The molecule has 2 heterocycles. The van der Waals surface area contributed by atoms with Crippen molar-refractivity contribution in [2.45, 2.75) is 13.8 Å². The quantitative estimate of drug-likeness (QED) is 0.789. The van der Waals surface area contributed by atoms with E-state index in [-0.39, 0.29) is 11.8 Å². The number of fused-ring (bicyclic) bond motifs is 1. The van der Waals surface area contributed by atoms with Gasteiger partial charge in [-0.2, -0.15) is 0 Å². The molecule has 2 aromatic rings. The van der Waals surface area contributed by atoms with E-state index < -0.39 is 0 Å². The number of thioether (sulfide) groups is 1. The minimum atomic E-state index is -0.285. The summed E-state index contributed by atoms with van der Waals surface area (Å²) in [6.45, 7) is 4.01. The number of hydrogen-bond acceptors (Lipinski definition) is 4. The number of rotatable bonds is 1. The van der Waals surface area contributed by atoms with Crippen LogP contribution in [-0.4, -0.2) is 24.0 Å². The van der Waals surface area contributed by atoms with Crippen LogP contribution in [0.1, 0.15) is 16.7 Å². The summed E-state index contributed by atoms with van der Waals surface area (Å²) < 4.78 is 0. The third-order valence-corrected chi connectivity index (χ3v) is 5.46. The largest absolute Gasteiger partial charge is 0.311 e. The molecule has 0 radical (unpaired) electrons. The van der Waals surface area contributed by atoms with E-state index in [1.807, 2.05) is 56.3 Å². The molecular weight excluding hydrogens is 346 g/mol. The van der Waals surface area contributed by atoms with Gasteiger partial charge in [0.05, 0.1) is 21.9 Å². The molecule has 6 heteroatoms. The summed E-state index contributed by atoms with van der Waals surface area (Å²) >= 11 is 1.21. The van der Waals surface area contributed by atoms with E-state index in [1.165, 1.54) is 11.8 Å². The fourth-order valence-electron chi connectivity index (χ4n) is 3.17. The molecule has 1 saturated heterocycles. The topological polar surface area (TPSA) is 61.8 Å². The predicted octanol–water partition coefficient (Wildman–Crippen LogP) is 3.54. The van der Waals surface area contributed by atoms with Crippen LogP contribution < -0.4 is 10.2 Å². The van der Waals surface area contributed by atoms with Crippen molar-refractivity contribution < 1.29 is 9.59 Å². The zero-order chi connectivity index (χ0) is 18.4. The SMILES string of the molecule is Cc1ccc(N=C2NC(=O)/C(=C3\C(=O)N(C)c4ccccc43)S2)c(C)c1. The van der Waals surface area contributed by atoms with Crippen molar-refractivity contribution in [1.82, 2.24) is 5.32 Å². The van der Waals surface area contributed by atoms with Gasteiger partial charge in [0.2, 0.25) is 0 Å². The molecule has 1 fully saturated rings. The molecule has 130 valence electrons. The minimum absolute atomic E-state index is 0.170. The van der Waals surface area contributed by atoms with Crippen LogP contribution in [-0.2, 0) is 9.59 Å². The van der Waals surface area contributed by atoms with Gasteiger partial charge in [-0.05, 0) is 43.3 Å². The molecule has 2 aliphatic rings. The third kappa shape index (κ3) is 2.63. The van der Waals surface area contributed by atoms with Crippen molar-refractivity contribution >= 4 is 45.7 Å². The number of aliphatic imine (C=N–C) groups is 1. The molecule has 1 N–H and O–H groups in total. The summed E-state index contributed by atoms with van der Waals surface area (Å²) in [4.78, 5) is 31.7. The normalized spacial score (nSPS) is 20.7. The Bertz CT molecular complexity index is 1020. The summed E-state index contributed by atoms with van der Waals surface area (Å²) in [6.07, 6.45) is 0. The van der Waals surface area contributed by atoms with E-state index in [0.29, 0.717) is 15.6 Å². The second kappa shape index (κ2) is 6.14. The highest BCUT2D eigenvalue weighted by Gasteiger charge is 2.37. The summed E-state index contributed by atoms with van der Waals surface area (Å²) in [7, 11) is 1.72. The Hall–Kier alpha value is -2.86. The van der Waals surface area contributed by atoms with Crippen LogP contribution in [0.4, 0.5) is 11.4 Å². The number of hydrogen-bond donors (Lipinski definition) is 1. The molecule has 0 bridgehead atoms. The number of amidine groups is 1. The van der Waals surface area contributed by atoms with Crippen LogP contribution in [0.3, 0.4) is 0 Å². The second-order valence-electron chi connectivity index (χ2n) is 6.35. The van der Waals surface area contributed by atoms with Crippen molar-refractivity contribution in [3.05, 3.63) is 64.1 Å². The molecule has 0 unspecified atom stereocenters. The van der Waals surface area contributed by atoms with Gasteiger partial charge < -0.3 is 10.2 Å². The Morgan fingerprint density at radius 2 is 1.85 bits per heavy atom. The Morgan fingerprint density at radius 3 is 2.62 bits per heavy atom. The van der Waals surface area contributed by atoms with E-state index in [9.17, 15) is 9.59 Å². The van der Waals surface area contributed by atoms with E-state index in [2.05, 4.69) is 10.3 Å². The lowest BCUT2D eigenvalue weighted by atomic mass is 10.1. The van der Waals surface area contributed by atoms with Gasteiger partial charge in [-0.1, -0.05) is 35.9 Å². The Labute approximate surface area is 155 Å². The maximum absolute atomic E-state index is 12.7. The predicted molar refractivity (Wildman–Crippen MR) is 106 cm³/mol. The highest BCUT2D eigenvalue weighted by atomic mass is 32.2. The van der Waals surface area contributed by atoms with Crippen LogP contribution in [0, 0.1) is 13.8 Å². The molecule has 2 amide bonds. The van der Waals surface area contributed by atoms with Crippen molar-refractivity contribution in [1.29, 1.82) is 0 Å². The standard InChI is InChI=1S/C20H17N3O2S/c1-11-8-9-14(12(2)10-11)21-20-22-18(24)17(26-20)16-13-6-4-5-7-15(13)23(3)19(16)25/h4-10H,1-3H3,(H,21,22,24)/b17-16+. The van der Waals surface area contributed by atoms with Gasteiger partial charge in [0.15, 0.2) is 5.17 Å². The van der Waals surface area contributed by atoms with Crippen LogP contribution >= 0.6 is 11.8 Å². The van der Waals surface area contributed by atoms with E-state index in [1.54, 1.807) is 11.9 Å². The summed E-state index contributed by atoms with van der Waals surface area (Å²) in [5, 5.41) is 3.27. The molecule has 2 aliphatic heterocycles. The molecule has 0 aliphatic carbocycles. The average Bonchev–Trinajstić information content (AvgIpc) is 3.08. The first-order chi connectivity index (χ1) is 12.5. The number of likely N-dealkylation sites (N-methyl/N-ethyl adjacent to an activating group) is 1. The molecule has 0 spiro atoms. The molecule has 0 aromatic heterocycles. The van der Waals surface area contributed by atoms with Gasteiger partial charge in [0.1, 0.15) is 0 Å². The van der Waals surface area contributed by atoms with Crippen LogP contribution in [0.5, 0.6) is 0 Å². The number of benzene rings is 2. The molecule has 0 saturated carbocycles. The van der Waals surface area contributed by atoms with Crippen LogP contribution in [0.25, 0.3) is 5.57 Å². The maximum atomic E-state index is 12.7.